The van der Waals surface area contributed by atoms with E-state index < -0.39 is 11.6 Å². The van der Waals surface area contributed by atoms with Crippen molar-refractivity contribution in [1.82, 2.24) is 4.98 Å². The predicted octanol–water partition coefficient (Wildman–Crippen LogP) is 2.80. The van der Waals surface area contributed by atoms with Crippen LogP contribution < -0.4 is 0 Å². The van der Waals surface area contributed by atoms with Crippen molar-refractivity contribution in [3.63, 3.8) is 0 Å². The molecule has 2 rings (SSSR count). The van der Waals surface area contributed by atoms with Crippen molar-refractivity contribution in [3.8, 4) is 0 Å². The molecule has 0 bridgehead atoms. The van der Waals surface area contributed by atoms with Gasteiger partial charge in [0.05, 0.1) is 6.08 Å². The topological polar surface area (TPSA) is 59.4 Å². The molecule has 0 saturated heterocycles. The van der Waals surface area contributed by atoms with E-state index in [1.165, 1.54) is 0 Å². The van der Waals surface area contributed by atoms with Crippen molar-refractivity contribution < 1.29 is 14.6 Å². The number of carbonyl (C=O) groups excluding carboxylic acids is 1. The molecule has 0 fully saturated rings. The summed E-state index contributed by atoms with van der Waals surface area (Å²) in [6.07, 6.45) is 6.54. The summed E-state index contributed by atoms with van der Waals surface area (Å²) in [6, 6.07) is 3.89. The molecule has 4 heteroatoms. The average molecular weight is 261 g/mol. The number of ether oxygens (including phenoxy) is 1. The fraction of sp³-hybridized carbons (Fsp3) is 0.467. The summed E-state index contributed by atoms with van der Waals surface area (Å²) in [5, 5.41) is 9.71. The molecule has 1 aromatic rings. The van der Waals surface area contributed by atoms with Gasteiger partial charge in [-0.15, -0.1) is 0 Å². The first-order valence-electron chi connectivity index (χ1n) is 6.53. The van der Waals surface area contributed by atoms with Crippen molar-refractivity contribution in [2.24, 2.45) is 5.92 Å². The van der Waals surface area contributed by atoms with Crippen LogP contribution in [0.15, 0.2) is 36.4 Å². The standard InChI is InChI=1S/C15H19NO3/c1-11(2)15(9-13(17)8-14(18)19-15)6-5-12-4-3-7-16-10-12/h3-4,7-8,10-11,17H,5-6,9H2,1-2H3. The van der Waals surface area contributed by atoms with E-state index in [1.54, 1.807) is 6.20 Å². The molecule has 0 aromatic carbocycles. The number of aliphatic hydroxyl groups excluding tert-OH is 1. The van der Waals surface area contributed by atoms with Gasteiger partial charge in [-0.2, -0.15) is 0 Å². The van der Waals surface area contributed by atoms with E-state index in [9.17, 15) is 9.90 Å². The summed E-state index contributed by atoms with van der Waals surface area (Å²) in [5.74, 6) is -0.205. The Labute approximate surface area is 113 Å². The number of pyridine rings is 1. The summed E-state index contributed by atoms with van der Waals surface area (Å²) < 4.78 is 5.53. The largest absolute Gasteiger partial charge is 0.512 e. The number of carbonyl (C=O) groups is 1. The third kappa shape index (κ3) is 3.13. The molecule has 0 spiro atoms. The maximum absolute atomic E-state index is 11.5. The van der Waals surface area contributed by atoms with E-state index in [2.05, 4.69) is 4.98 Å². The number of rotatable bonds is 4. The van der Waals surface area contributed by atoms with Crippen LogP contribution in [-0.4, -0.2) is 21.7 Å². The minimum absolute atomic E-state index is 0.108. The zero-order valence-corrected chi connectivity index (χ0v) is 11.3. The third-order valence-corrected chi connectivity index (χ3v) is 3.68. The summed E-state index contributed by atoms with van der Waals surface area (Å²) in [7, 11) is 0. The van der Waals surface area contributed by atoms with E-state index in [-0.39, 0.29) is 11.7 Å². The number of aromatic nitrogens is 1. The van der Waals surface area contributed by atoms with Gasteiger partial charge in [0, 0.05) is 18.8 Å². The Hall–Kier alpha value is -1.84. The van der Waals surface area contributed by atoms with Crippen molar-refractivity contribution >= 4 is 5.97 Å². The fourth-order valence-electron chi connectivity index (χ4n) is 2.41. The second-order valence-electron chi connectivity index (χ2n) is 5.31. The lowest BCUT2D eigenvalue weighted by atomic mass is 9.80. The van der Waals surface area contributed by atoms with Gasteiger partial charge in [0.2, 0.25) is 0 Å². The van der Waals surface area contributed by atoms with Crippen LogP contribution in [0.2, 0.25) is 0 Å². The zero-order valence-electron chi connectivity index (χ0n) is 11.3. The summed E-state index contributed by atoms with van der Waals surface area (Å²) >= 11 is 0. The summed E-state index contributed by atoms with van der Waals surface area (Å²) in [4.78, 5) is 15.6. The van der Waals surface area contributed by atoms with Crippen molar-refractivity contribution in [3.05, 3.63) is 41.9 Å². The number of hydrogen-bond acceptors (Lipinski definition) is 4. The molecule has 2 heterocycles. The number of esters is 1. The maximum atomic E-state index is 11.5. The Kier molecular flexibility index (Phi) is 3.88. The second kappa shape index (κ2) is 5.43. The van der Waals surface area contributed by atoms with Crippen LogP contribution in [0.4, 0.5) is 0 Å². The Morgan fingerprint density at radius 2 is 2.32 bits per heavy atom. The SMILES string of the molecule is CC(C)C1(CCc2cccnc2)CC(O)=CC(=O)O1. The van der Waals surface area contributed by atoms with Gasteiger partial charge in [0.15, 0.2) is 0 Å². The lowest BCUT2D eigenvalue weighted by Crippen LogP contribution is -2.43. The molecule has 1 unspecified atom stereocenters. The highest BCUT2D eigenvalue weighted by atomic mass is 16.6. The Bertz CT molecular complexity index is 481. The molecule has 1 N–H and O–H groups in total. The second-order valence-corrected chi connectivity index (χ2v) is 5.31. The van der Waals surface area contributed by atoms with Gasteiger partial charge in [0.1, 0.15) is 11.4 Å². The van der Waals surface area contributed by atoms with E-state index in [0.29, 0.717) is 12.8 Å². The van der Waals surface area contributed by atoms with Gasteiger partial charge in [-0.1, -0.05) is 19.9 Å². The highest BCUT2D eigenvalue weighted by Crippen LogP contribution is 2.36. The molecule has 102 valence electrons. The number of aliphatic hydroxyl groups is 1. The molecular formula is C15H19NO3. The molecule has 1 aliphatic heterocycles. The van der Waals surface area contributed by atoms with Crippen LogP contribution in [-0.2, 0) is 16.0 Å². The first kappa shape index (κ1) is 13.6. The van der Waals surface area contributed by atoms with Gasteiger partial charge >= 0.3 is 5.97 Å². The van der Waals surface area contributed by atoms with Crippen LogP contribution in [0, 0.1) is 5.92 Å². The first-order chi connectivity index (χ1) is 9.02. The molecule has 0 saturated carbocycles. The summed E-state index contributed by atoms with van der Waals surface area (Å²) in [6.45, 7) is 4.02. The zero-order chi connectivity index (χ0) is 13.9. The molecule has 19 heavy (non-hydrogen) atoms. The molecular weight excluding hydrogens is 242 g/mol. The van der Waals surface area contributed by atoms with Crippen LogP contribution in [0.25, 0.3) is 0 Å². The summed E-state index contributed by atoms with van der Waals surface area (Å²) in [5.41, 5.74) is 0.485. The van der Waals surface area contributed by atoms with Crippen molar-refractivity contribution in [1.29, 1.82) is 0 Å². The number of nitrogens with zero attached hydrogens (tertiary/aromatic N) is 1. The molecule has 4 nitrogen and oxygen atoms in total. The normalized spacial score (nSPS) is 23.1. The van der Waals surface area contributed by atoms with E-state index in [4.69, 9.17) is 4.74 Å². The third-order valence-electron chi connectivity index (χ3n) is 3.68. The number of hydrogen-bond donors (Lipinski definition) is 1. The smallest absolute Gasteiger partial charge is 0.334 e. The van der Waals surface area contributed by atoms with Crippen molar-refractivity contribution in [2.45, 2.75) is 38.7 Å². The quantitative estimate of drug-likeness (QED) is 0.847. The lowest BCUT2D eigenvalue weighted by molar-refractivity contribution is -0.163. The molecule has 0 aliphatic carbocycles. The average Bonchev–Trinajstić information content (AvgIpc) is 2.36. The fourth-order valence-corrected chi connectivity index (χ4v) is 2.41. The maximum Gasteiger partial charge on any atom is 0.334 e. The van der Waals surface area contributed by atoms with Crippen LogP contribution in [0.3, 0.4) is 0 Å². The van der Waals surface area contributed by atoms with Crippen LogP contribution in [0.5, 0.6) is 0 Å². The number of aryl methyl sites for hydroxylation is 1. The van der Waals surface area contributed by atoms with E-state index in [1.807, 2.05) is 32.2 Å². The van der Waals surface area contributed by atoms with E-state index in [0.717, 1.165) is 18.1 Å². The first-order valence-corrected chi connectivity index (χ1v) is 6.53. The lowest BCUT2D eigenvalue weighted by Gasteiger charge is -2.39. The van der Waals surface area contributed by atoms with Gasteiger partial charge in [0.25, 0.3) is 0 Å². The minimum atomic E-state index is -0.619. The highest BCUT2D eigenvalue weighted by Gasteiger charge is 2.41. The van der Waals surface area contributed by atoms with Gasteiger partial charge < -0.3 is 9.84 Å². The molecule has 0 radical (unpaired) electrons. The predicted molar refractivity (Wildman–Crippen MR) is 71.5 cm³/mol. The Balaban J connectivity index is 2.13. The van der Waals surface area contributed by atoms with Gasteiger partial charge in [-0.05, 0) is 30.4 Å². The monoisotopic (exact) mass is 261 g/mol. The van der Waals surface area contributed by atoms with Gasteiger partial charge in [-0.3, -0.25) is 4.98 Å². The van der Waals surface area contributed by atoms with Crippen LogP contribution in [0.1, 0.15) is 32.3 Å². The molecule has 1 aromatic heterocycles. The van der Waals surface area contributed by atoms with Crippen LogP contribution >= 0.6 is 0 Å². The Morgan fingerprint density at radius 1 is 1.53 bits per heavy atom. The highest BCUT2D eigenvalue weighted by molar-refractivity contribution is 5.83. The molecule has 1 atom stereocenters. The molecule has 1 aliphatic rings. The number of cyclic esters (lactones) is 1. The molecule has 0 amide bonds. The minimum Gasteiger partial charge on any atom is -0.512 e. The Morgan fingerprint density at radius 3 is 2.89 bits per heavy atom. The van der Waals surface area contributed by atoms with Crippen molar-refractivity contribution in [2.75, 3.05) is 0 Å². The van der Waals surface area contributed by atoms with Gasteiger partial charge in [-0.25, -0.2) is 4.79 Å². The van der Waals surface area contributed by atoms with E-state index >= 15 is 0 Å².